The average Bonchev–Trinajstić information content (AvgIpc) is 3.23. The summed E-state index contributed by atoms with van der Waals surface area (Å²) in [6.07, 6.45) is 3.32. The van der Waals surface area contributed by atoms with Crippen molar-refractivity contribution >= 4 is 17.5 Å². The van der Waals surface area contributed by atoms with Crippen molar-refractivity contribution in [3.8, 4) is 11.5 Å². The Morgan fingerprint density at radius 1 is 1.03 bits per heavy atom. The molecule has 180 valence electrons. The van der Waals surface area contributed by atoms with Crippen LogP contribution in [0, 0.1) is 20.8 Å². The number of anilines is 1. The Bertz CT molecular complexity index is 1110. The fourth-order valence-electron chi connectivity index (χ4n) is 3.14. The van der Waals surface area contributed by atoms with E-state index in [4.69, 9.17) is 9.47 Å². The van der Waals surface area contributed by atoms with E-state index in [0.717, 1.165) is 22.7 Å². The number of ether oxygens (including phenoxy) is 2. The first kappa shape index (κ1) is 24.8. The number of carbonyl (C=O) groups is 2. The molecule has 2 heterocycles. The third-order valence-corrected chi connectivity index (χ3v) is 5.12. The zero-order chi connectivity index (χ0) is 24.5. The minimum absolute atomic E-state index is 0.0692. The molecule has 0 fully saturated rings. The van der Waals surface area contributed by atoms with E-state index in [1.165, 1.54) is 10.9 Å². The second-order valence-electron chi connectivity index (χ2n) is 8.09. The first-order valence-corrected chi connectivity index (χ1v) is 11.1. The van der Waals surface area contributed by atoms with Crippen LogP contribution in [0.15, 0.2) is 48.8 Å². The Hall–Kier alpha value is -3.88. The fraction of sp³-hybridized carbons (Fsp3) is 0.360. The lowest BCUT2D eigenvalue weighted by Gasteiger charge is -2.17. The summed E-state index contributed by atoms with van der Waals surface area (Å²) < 4.78 is 12.8. The van der Waals surface area contributed by atoms with Gasteiger partial charge in [-0.3, -0.25) is 19.3 Å². The van der Waals surface area contributed by atoms with E-state index in [2.05, 4.69) is 15.4 Å². The largest absolute Gasteiger partial charge is 0.492 e. The number of hydrogen-bond donors (Lipinski definition) is 1. The molecule has 0 spiro atoms. The van der Waals surface area contributed by atoms with Gasteiger partial charge in [-0.15, -0.1) is 0 Å². The summed E-state index contributed by atoms with van der Waals surface area (Å²) in [6, 6.07) is 11.5. The highest BCUT2D eigenvalue weighted by Gasteiger charge is 2.12. The van der Waals surface area contributed by atoms with Gasteiger partial charge in [0.05, 0.1) is 37.2 Å². The molecule has 0 bridgehead atoms. The van der Waals surface area contributed by atoms with Crippen molar-refractivity contribution in [1.29, 1.82) is 0 Å². The molecule has 1 aromatic carbocycles. The van der Waals surface area contributed by atoms with Crippen LogP contribution in [-0.2, 0) is 16.1 Å². The summed E-state index contributed by atoms with van der Waals surface area (Å²) in [5, 5.41) is 6.93. The van der Waals surface area contributed by atoms with Crippen molar-refractivity contribution in [1.82, 2.24) is 19.7 Å². The lowest BCUT2D eigenvalue weighted by Crippen LogP contribution is -2.33. The van der Waals surface area contributed by atoms with Crippen LogP contribution in [0.4, 0.5) is 5.69 Å². The second-order valence-corrected chi connectivity index (χ2v) is 8.09. The Labute approximate surface area is 199 Å². The van der Waals surface area contributed by atoms with Gasteiger partial charge in [0.2, 0.25) is 11.8 Å². The number of aromatic nitrogens is 3. The Balaban J connectivity index is 1.37. The van der Waals surface area contributed by atoms with E-state index >= 15 is 0 Å². The summed E-state index contributed by atoms with van der Waals surface area (Å²) >= 11 is 0. The maximum absolute atomic E-state index is 12.5. The van der Waals surface area contributed by atoms with Crippen LogP contribution in [0.2, 0.25) is 0 Å². The normalized spacial score (nSPS) is 10.6. The smallest absolute Gasteiger partial charge is 0.244 e. The molecule has 0 saturated carbocycles. The van der Waals surface area contributed by atoms with Crippen molar-refractivity contribution in [3.05, 3.63) is 65.7 Å². The molecular weight excluding hydrogens is 434 g/mol. The van der Waals surface area contributed by atoms with Crippen LogP contribution in [0.25, 0.3) is 0 Å². The molecule has 9 heteroatoms. The van der Waals surface area contributed by atoms with Gasteiger partial charge in [-0.25, -0.2) is 0 Å². The lowest BCUT2D eigenvalue weighted by atomic mass is 10.2. The number of hydrogen-bond acceptors (Lipinski definition) is 6. The van der Waals surface area contributed by atoms with Crippen LogP contribution >= 0.6 is 0 Å². The van der Waals surface area contributed by atoms with Gasteiger partial charge >= 0.3 is 0 Å². The van der Waals surface area contributed by atoms with E-state index in [0.29, 0.717) is 24.6 Å². The first-order valence-electron chi connectivity index (χ1n) is 11.1. The quantitative estimate of drug-likeness (QED) is 0.467. The van der Waals surface area contributed by atoms with Crippen LogP contribution in [-0.4, -0.2) is 58.3 Å². The van der Waals surface area contributed by atoms with E-state index in [1.807, 2.05) is 57.2 Å². The highest BCUT2D eigenvalue weighted by molar-refractivity contribution is 5.90. The van der Waals surface area contributed by atoms with Gasteiger partial charge in [-0.05, 0) is 45.0 Å². The number of pyridine rings is 1. The van der Waals surface area contributed by atoms with Crippen LogP contribution in [0.3, 0.4) is 0 Å². The summed E-state index contributed by atoms with van der Waals surface area (Å²) in [5.74, 6) is 1.13. The molecule has 0 aliphatic heterocycles. The molecular formula is C25H31N5O4. The molecule has 0 aliphatic rings. The molecule has 0 radical (unpaired) electrons. The van der Waals surface area contributed by atoms with Gasteiger partial charge < -0.3 is 19.7 Å². The number of benzene rings is 1. The number of rotatable bonds is 11. The standard InChI is InChI=1S/C25H31N5O4/c1-18-5-8-22(9-6-18)33-14-12-29(4)25(32)17-30-16-21(15-26-30)28-24(31)11-13-34-23-10-7-19(2)27-20(23)3/h5-10,15-16H,11-14,17H2,1-4H3,(H,28,31). The third-order valence-electron chi connectivity index (χ3n) is 5.12. The lowest BCUT2D eigenvalue weighted by molar-refractivity contribution is -0.131. The van der Waals surface area contributed by atoms with Crippen LogP contribution in [0.1, 0.15) is 23.4 Å². The zero-order valence-electron chi connectivity index (χ0n) is 20.1. The molecule has 34 heavy (non-hydrogen) atoms. The highest BCUT2D eigenvalue weighted by atomic mass is 16.5. The highest BCUT2D eigenvalue weighted by Crippen LogP contribution is 2.16. The van der Waals surface area contributed by atoms with Crippen LogP contribution < -0.4 is 14.8 Å². The summed E-state index contributed by atoms with van der Waals surface area (Å²) in [4.78, 5) is 30.6. The minimum atomic E-state index is -0.200. The molecule has 3 rings (SSSR count). The molecule has 0 unspecified atom stereocenters. The van der Waals surface area contributed by atoms with E-state index in [-0.39, 0.29) is 31.4 Å². The number of likely N-dealkylation sites (N-methyl/N-ethyl adjacent to an activating group) is 1. The minimum Gasteiger partial charge on any atom is -0.492 e. The van der Waals surface area contributed by atoms with Crippen molar-refractivity contribution in [3.63, 3.8) is 0 Å². The van der Waals surface area contributed by atoms with Crippen molar-refractivity contribution < 1.29 is 19.1 Å². The molecule has 3 aromatic rings. The number of aryl methyl sites for hydroxylation is 3. The predicted molar refractivity (Wildman–Crippen MR) is 129 cm³/mol. The third kappa shape index (κ3) is 7.61. The number of nitrogens with zero attached hydrogens (tertiary/aromatic N) is 4. The molecule has 1 N–H and O–H groups in total. The van der Waals surface area contributed by atoms with Crippen molar-refractivity contribution in [2.45, 2.75) is 33.7 Å². The van der Waals surface area contributed by atoms with Gasteiger partial charge in [0.15, 0.2) is 0 Å². The van der Waals surface area contributed by atoms with Crippen LogP contribution in [0.5, 0.6) is 11.5 Å². The number of amides is 2. The Morgan fingerprint density at radius 3 is 2.53 bits per heavy atom. The maximum Gasteiger partial charge on any atom is 0.244 e. The van der Waals surface area contributed by atoms with Crippen molar-refractivity contribution in [2.24, 2.45) is 0 Å². The fourth-order valence-corrected chi connectivity index (χ4v) is 3.14. The number of carbonyl (C=O) groups excluding carboxylic acids is 2. The number of nitrogens with one attached hydrogen (secondary N) is 1. The summed E-state index contributed by atoms with van der Waals surface area (Å²) in [7, 11) is 1.72. The molecule has 0 aliphatic carbocycles. The molecule has 0 saturated heterocycles. The monoisotopic (exact) mass is 465 g/mol. The van der Waals surface area contributed by atoms with E-state index in [9.17, 15) is 9.59 Å². The predicted octanol–water partition coefficient (Wildman–Crippen LogP) is 3.15. The summed E-state index contributed by atoms with van der Waals surface area (Å²) in [6.45, 7) is 6.95. The maximum atomic E-state index is 12.5. The van der Waals surface area contributed by atoms with Gasteiger partial charge in [-0.2, -0.15) is 5.10 Å². The molecule has 0 atom stereocenters. The van der Waals surface area contributed by atoms with Gasteiger partial charge in [-0.1, -0.05) is 17.7 Å². The van der Waals surface area contributed by atoms with Gasteiger partial charge in [0.1, 0.15) is 24.7 Å². The van der Waals surface area contributed by atoms with Crippen molar-refractivity contribution in [2.75, 3.05) is 32.1 Å². The molecule has 9 nitrogen and oxygen atoms in total. The average molecular weight is 466 g/mol. The SMILES string of the molecule is Cc1ccc(OCCN(C)C(=O)Cn2cc(NC(=O)CCOc3ccc(C)nc3C)cn2)cc1. The van der Waals surface area contributed by atoms with Gasteiger partial charge in [0, 0.05) is 18.9 Å². The van der Waals surface area contributed by atoms with E-state index in [1.54, 1.807) is 18.1 Å². The second kappa shape index (κ2) is 11.8. The summed E-state index contributed by atoms with van der Waals surface area (Å²) in [5.41, 5.74) is 3.40. The van der Waals surface area contributed by atoms with Gasteiger partial charge in [0.25, 0.3) is 0 Å². The topological polar surface area (TPSA) is 98.6 Å². The Kier molecular flexibility index (Phi) is 8.61. The molecule has 2 aromatic heterocycles. The first-order chi connectivity index (χ1) is 16.3. The molecule has 2 amide bonds. The zero-order valence-corrected chi connectivity index (χ0v) is 20.1. The van der Waals surface area contributed by atoms with E-state index < -0.39 is 0 Å². The Morgan fingerprint density at radius 2 is 1.79 bits per heavy atom.